The zero-order chi connectivity index (χ0) is 19.2. The minimum absolute atomic E-state index is 0.139. The van der Waals surface area contributed by atoms with Crippen LogP contribution in [-0.2, 0) is 6.54 Å². The molecule has 1 saturated heterocycles. The number of para-hydroxylation sites is 1. The standard InChI is InChI=1S/C21H25ClFN3O/c1-2-25-13-11-18(12-14-25)26(15-16-7-9-17(23)10-8-16)21(27)24-20-6-4-3-5-19(20)22/h3-10,18H,2,11-15H2,1H3,(H,24,27). The first-order valence-electron chi connectivity index (χ1n) is 9.35. The van der Waals surface area contributed by atoms with Gasteiger partial charge in [0.15, 0.2) is 0 Å². The van der Waals surface area contributed by atoms with Crippen LogP contribution in [0, 0.1) is 5.82 Å². The number of carbonyl (C=O) groups is 1. The van der Waals surface area contributed by atoms with Crippen LogP contribution in [0.25, 0.3) is 0 Å². The van der Waals surface area contributed by atoms with Gasteiger partial charge in [0.1, 0.15) is 5.82 Å². The van der Waals surface area contributed by atoms with Crippen LogP contribution in [0.5, 0.6) is 0 Å². The van der Waals surface area contributed by atoms with E-state index < -0.39 is 0 Å². The number of nitrogens with zero attached hydrogens (tertiary/aromatic N) is 2. The molecule has 2 amide bonds. The smallest absolute Gasteiger partial charge is 0.317 e. The fourth-order valence-electron chi connectivity index (χ4n) is 3.45. The highest BCUT2D eigenvalue weighted by Gasteiger charge is 2.28. The molecule has 0 aromatic heterocycles. The molecule has 4 nitrogen and oxygen atoms in total. The van der Waals surface area contributed by atoms with Crippen LogP contribution in [0.2, 0.25) is 5.02 Å². The maximum Gasteiger partial charge on any atom is 0.322 e. The van der Waals surface area contributed by atoms with Gasteiger partial charge in [-0.2, -0.15) is 0 Å². The largest absolute Gasteiger partial charge is 0.322 e. The first kappa shape index (κ1) is 19.6. The number of hydrogen-bond donors (Lipinski definition) is 1. The molecular weight excluding hydrogens is 365 g/mol. The Labute approximate surface area is 164 Å². The van der Waals surface area contributed by atoms with Crippen LogP contribution < -0.4 is 5.32 Å². The van der Waals surface area contributed by atoms with E-state index in [1.807, 2.05) is 17.0 Å². The molecule has 3 rings (SSSR count). The Morgan fingerprint density at radius 2 is 1.85 bits per heavy atom. The predicted octanol–water partition coefficient (Wildman–Crippen LogP) is 5.00. The molecule has 2 aromatic rings. The summed E-state index contributed by atoms with van der Waals surface area (Å²) in [6.07, 6.45) is 1.84. The minimum Gasteiger partial charge on any atom is -0.317 e. The van der Waals surface area contributed by atoms with E-state index in [1.54, 1.807) is 24.3 Å². The molecule has 1 aliphatic heterocycles. The fraction of sp³-hybridized carbons (Fsp3) is 0.381. The molecule has 27 heavy (non-hydrogen) atoms. The van der Waals surface area contributed by atoms with E-state index >= 15 is 0 Å². The van der Waals surface area contributed by atoms with Crippen LogP contribution in [0.1, 0.15) is 25.3 Å². The van der Waals surface area contributed by atoms with Crippen molar-refractivity contribution in [3.63, 3.8) is 0 Å². The zero-order valence-electron chi connectivity index (χ0n) is 15.5. The highest BCUT2D eigenvalue weighted by Crippen LogP contribution is 2.24. The SMILES string of the molecule is CCN1CCC(N(Cc2ccc(F)cc2)C(=O)Nc2ccccc2Cl)CC1. The highest BCUT2D eigenvalue weighted by molar-refractivity contribution is 6.33. The summed E-state index contributed by atoms with van der Waals surface area (Å²) < 4.78 is 13.2. The van der Waals surface area contributed by atoms with Crippen molar-refractivity contribution in [1.29, 1.82) is 0 Å². The van der Waals surface area contributed by atoms with Crippen molar-refractivity contribution < 1.29 is 9.18 Å². The second-order valence-electron chi connectivity index (χ2n) is 6.83. The summed E-state index contributed by atoms with van der Waals surface area (Å²) in [6.45, 7) is 5.56. The van der Waals surface area contributed by atoms with E-state index in [1.165, 1.54) is 12.1 Å². The average Bonchev–Trinajstić information content (AvgIpc) is 2.69. The Balaban J connectivity index is 1.77. The van der Waals surface area contributed by atoms with Crippen LogP contribution in [0.3, 0.4) is 0 Å². The summed E-state index contributed by atoms with van der Waals surface area (Å²) in [5, 5.41) is 3.44. The average molecular weight is 390 g/mol. The van der Waals surface area contributed by atoms with Gasteiger partial charge in [0.25, 0.3) is 0 Å². The minimum atomic E-state index is -0.276. The number of benzene rings is 2. The van der Waals surface area contributed by atoms with Gasteiger partial charge in [-0.25, -0.2) is 9.18 Å². The first-order valence-corrected chi connectivity index (χ1v) is 9.73. The third-order valence-electron chi connectivity index (χ3n) is 5.09. The fourth-order valence-corrected chi connectivity index (χ4v) is 3.63. The molecule has 1 aliphatic rings. The molecule has 0 spiro atoms. The number of amides is 2. The molecular formula is C21H25ClFN3O. The number of likely N-dealkylation sites (tertiary alicyclic amines) is 1. The van der Waals surface area contributed by atoms with Crippen molar-refractivity contribution in [2.75, 3.05) is 25.0 Å². The van der Waals surface area contributed by atoms with Crippen molar-refractivity contribution in [3.05, 3.63) is 64.9 Å². The first-order chi connectivity index (χ1) is 13.1. The third-order valence-corrected chi connectivity index (χ3v) is 5.42. The Morgan fingerprint density at radius 1 is 1.19 bits per heavy atom. The second kappa shape index (κ2) is 9.20. The number of anilines is 1. The maximum atomic E-state index is 13.2. The van der Waals surface area contributed by atoms with E-state index in [9.17, 15) is 9.18 Å². The summed E-state index contributed by atoms with van der Waals surface area (Å²) in [5.41, 5.74) is 1.50. The Kier molecular flexibility index (Phi) is 6.69. The topological polar surface area (TPSA) is 35.6 Å². The number of halogens is 2. The lowest BCUT2D eigenvalue weighted by Crippen LogP contribution is -2.48. The van der Waals surface area contributed by atoms with Crippen LogP contribution in [-0.4, -0.2) is 41.5 Å². The molecule has 144 valence electrons. The normalized spacial score (nSPS) is 15.5. The van der Waals surface area contributed by atoms with Gasteiger partial charge in [-0.1, -0.05) is 42.8 Å². The molecule has 0 atom stereocenters. The van der Waals surface area contributed by atoms with Gasteiger partial charge in [0, 0.05) is 25.7 Å². The van der Waals surface area contributed by atoms with E-state index in [-0.39, 0.29) is 17.9 Å². The molecule has 0 bridgehead atoms. The monoisotopic (exact) mass is 389 g/mol. The molecule has 0 unspecified atom stereocenters. The van der Waals surface area contributed by atoms with Crippen molar-refractivity contribution in [2.45, 2.75) is 32.4 Å². The van der Waals surface area contributed by atoms with Gasteiger partial charge >= 0.3 is 6.03 Å². The number of hydrogen-bond acceptors (Lipinski definition) is 2. The van der Waals surface area contributed by atoms with E-state index in [4.69, 9.17) is 11.6 Å². The van der Waals surface area contributed by atoms with Gasteiger partial charge in [-0.05, 0) is 49.2 Å². The lowest BCUT2D eigenvalue weighted by Gasteiger charge is -2.38. The van der Waals surface area contributed by atoms with Gasteiger partial charge in [0.05, 0.1) is 10.7 Å². The van der Waals surface area contributed by atoms with E-state index in [2.05, 4.69) is 17.1 Å². The van der Waals surface area contributed by atoms with Crippen molar-refractivity contribution >= 4 is 23.3 Å². The van der Waals surface area contributed by atoms with Crippen LogP contribution in [0.15, 0.2) is 48.5 Å². The second-order valence-corrected chi connectivity index (χ2v) is 7.24. The van der Waals surface area contributed by atoms with Crippen LogP contribution in [0.4, 0.5) is 14.9 Å². The van der Waals surface area contributed by atoms with Gasteiger partial charge in [-0.15, -0.1) is 0 Å². The summed E-state index contributed by atoms with van der Waals surface area (Å²) >= 11 is 6.19. The zero-order valence-corrected chi connectivity index (χ0v) is 16.3. The maximum absolute atomic E-state index is 13.2. The number of carbonyl (C=O) groups excluding carboxylic acids is 1. The predicted molar refractivity (Wildman–Crippen MR) is 108 cm³/mol. The lowest BCUT2D eigenvalue weighted by molar-refractivity contribution is 0.126. The number of nitrogens with one attached hydrogen (secondary N) is 1. The molecule has 6 heteroatoms. The molecule has 2 aromatic carbocycles. The third kappa shape index (κ3) is 5.21. The quantitative estimate of drug-likeness (QED) is 0.781. The molecule has 0 radical (unpaired) electrons. The molecule has 1 fully saturated rings. The summed E-state index contributed by atoms with van der Waals surface area (Å²) in [5.74, 6) is -0.276. The number of urea groups is 1. The van der Waals surface area contributed by atoms with E-state index in [0.717, 1.165) is 38.0 Å². The molecule has 0 aliphatic carbocycles. The van der Waals surface area contributed by atoms with Crippen LogP contribution >= 0.6 is 11.6 Å². The Morgan fingerprint density at radius 3 is 2.48 bits per heavy atom. The van der Waals surface area contributed by atoms with Crippen molar-refractivity contribution in [3.8, 4) is 0 Å². The van der Waals surface area contributed by atoms with E-state index in [0.29, 0.717) is 17.3 Å². The summed E-state index contributed by atoms with van der Waals surface area (Å²) in [6, 6.07) is 13.5. The molecule has 1 heterocycles. The van der Waals surface area contributed by atoms with Crippen molar-refractivity contribution in [2.24, 2.45) is 0 Å². The summed E-state index contributed by atoms with van der Waals surface area (Å²) in [4.78, 5) is 17.3. The number of piperidine rings is 1. The highest BCUT2D eigenvalue weighted by atomic mass is 35.5. The Hall–Kier alpha value is -2.11. The van der Waals surface area contributed by atoms with Gasteiger partial charge < -0.3 is 15.1 Å². The Bertz CT molecular complexity index is 760. The summed E-state index contributed by atoms with van der Waals surface area (Å²) in [7, 11) is 0. The van der Waals surface area contributed by atoms with Crippen molar-refractivity contribution in [1.82, 2.24) is 9.80 Å². The van der Waals surface area contributed by atoms with Gasteiger partial charge in [0.2, 0.25) is 0 Å². The molecule has 1 N–H and O–H groups in total. The molecule has 0 saturated carbocycles. The lowest BCUT2D eigenvalue weighted by atomic mass is 10.0. The number of rotatable bonds is 5. The van der Waals surface area contributed by atoms with Gasteiger partial charge in [-0.3, -0.25) is 0 Å².